The molecular weight excluding hydrogens is 398 g/mol. The van der Waals surface area contributed by atoms with Gasteiger partial charge in [-0.25, -0.2) is 0 Å². The summed E-state index contributed by atoms with van der Waals surface area (Å²) in [5, 5.41) is 9.37. The van der Waals surface area contributed by atoms with Gasteiger partial charge in [-0.15, -0.1) is 0 Å². The molecule has 0 aromatic rings. The lowest BCUT2D eigenvalue weighted by atomic mass is 9.44. The van der Waals surface area contributed by atoms with Gasteiger partial charge in [-0.1, -0.05) is 33.6 Å². The first-order valence-corrected chi connectivity index (χ1v) is 13.9. The zero-order chi connectivity index (χ0) is 22.9. The average Bonchev–Trinajstić information content (AvgIpc) is 3.13. The predicted octanol–water partition coefficient (Wildman–Crippen LogP) is 5.70. The van der Waals surface area contributed by atoms with Gasteiger partial charge in [0.15, 0.2) is 0 Å². The van der Waals surface area contributed by atoms with Crippen molar-refractivity contribution in [3.63, 3.8) is 0 Å². The van der Waals surface area contributed by atoms with Crippen LogP contribution in [0.2, 0.25) is 0 Å². The third-order valence-electron chi connectivity index (χ3n) is 11.0. The Balaban J connectivity index is 1.60. The van der Waals surface area contributed by atoms with E-state index in [4.69, 9.17) is 10.5 Å². The second-order valence-electron chi connectivity index (χ2n) is 12.5. The fourth-order valence-electron chi connectivity index (χ4n) is 9.42. The van der Waals surface area contributed by atoms with Gasteiger partial charge in [0.05, 0.1) is 0 Å². The molecule has 4 rings (SSSR count). The van der Waals surface area contributed by atoms with Gasteiger partial charge in [-0.05, 0) is 111 Å². The number of hydrogen-bond donors (Lipinski definition) is 2. The Kier molecular flexibility index (Phi) is 7.61. The molecule has 0 aromatic heterocycles. The summed E-state index contributed by atoms with van der Waals surface area (Å²) in [6.07, 6.45) is 15.1. The van der Waals surface area contributed by atoms with E-state index in [1.807, 2.05) is 0 Å². The monoisotopic (exact) mass is 447 g/mol. The summed E-state index contributed by atoms with van der Waals surface area (Å²) in [6, 6.07) is 0. The summed E-state index contributed by atoms with van der Waals surface area (Å²) in [7, 11) is 0. The van der Waals surface area contributed by atoms with E-state index >= 15 is 0 Å². The second kappa shape index (κ2) is 9.94. The average molecular weight is 448 g/mol. The molecule has 9 atom stereocenters. The molecule has 0 saturated heterocycles. The number of aliphatic hydroxyl groups excluding tert-OH is 1. The van der Waals surface area contributed by atoms with Crippen molar-refractivity contribution in [3.8, 4) is 0 Å². The molecule has 0 radical (unpaired) electrons. The summed E-state index contributed by atoms with van der Waals surface area (Å²) >= 11 is 0. The summed E-state index contributed by atoms with van der Waals surface area (Å²) < 4.78 is 6.34. The molecule has 3 N–H and O–H groups in total. The number of ether oxygens (including phenoxy) is 1. The minimum atomic E-state index is -0.0169. The Morgan fingerprint density at radius 2 is 1.84 bits per heavy atom. The lowest BCUT2D eigenvalue weighted by molar-refractivity contribution is -0.190. The number of carbonyl (C=O) groups excluding carboxylic acids is 1. The van der Waals surface area contributed by atoms with Crippen LogP contribution in [0, 0.1) is 46.3 Å². The highest BCUT2D eigenvalue weighted by Crippen LogP contribution is 2.68. The van der Waals surface area contributed by atoms with Crippen LogP contribution in [0.4, 0.5) is 0 Å². The summed E-state index contributed by atoms with van der Waals surface area (Å²) in [5.74, 6) is 4.02. The number of nitrogens with two attached hydrogens (primary N) is 1. The van der Waals surface area contributed by atoms with Crippen LogP contribution >= 0.6 is 0 Å². The van der Waals surface area contributed by atoms with E-state index in [2.05, 4.69) is 20.8 Å². The van der Waals surface area contributed by atoms with Crippen molar-refractivity contribution < 1.29 is 14.6 Å². The molecule has 4 fully saturated rings. The number of carbonyl (C=O) groups is 1. The molecule has 0 spiro atoms. The van der Waals surface area contributed by atoms with E-state index in [-0.39, 0.29) is 12.1 Å². The van der Waals surface area contributed by atoms with E-state index in [0.717, 1.165) is 37.5 Å². The molecule has 4 saturated carbocycles. The zero-order valence-corrected chi connectivity index (χ0v) is 21.0. The van der Waals surface area contributed by atoms with Gasteiger partial charge in [0.2, 0.25) is 0 Å². The third kappa shape index (κ3) is 4.28. The molecule has 32 heavy (non-hydrogen) atoms. The number of rotatable bonds is 8. The predicted molar refractivity (Wildman–Crippen MR) is 129 cm³/mol. The van der Waals surface area contributed by atoms with E-state index in [1.54, 1.807) is 0 Å². The topological polar surface area (TPSA) is 72.5 Å². The van der Waals surface area contributed by atoms with Crippen molar-refractivity contribution in [2.75, 3.05) is 13.2 Å². The van der Waals surface area contributed by atoms with Gasteiger partial charge in [-0.2, -0.15) is 0 Å². The van der Waals surface area contributed by atoms with Crippen molar-refractivity contribution in [3.05, 3.63) is 0 Å². The van der Waals surface area contributed by atoms with Gasteiger partial charge in [-0.3, -0.25) is 4.79 Å². The maximum atomic E-state index is 12.7. The van der Waals surface area contributed by atoms with E-state index in [9.17, 15) is 9.90 Å². The van der Waals surface area contributed by atoms with Crippen LogP contribution in [0.5, 0.6) is 0 Å². The maximum Gasteiger partial charge on any atom is 0.306 e. The molecule has 4 nitrogen and oxygen atoms in total. The number of hydrogen-bond acceptors (Lipinski definition) is 4. The third-order valence-corrected chi connectivity index (χ3v) is 11.0. The minimum absolute atomic E-state index is 0.0169. The largest absolute Gasteiger partial charge is 0.462 e. The first-order valence-electron chi connectivity index (χ1n) is 13.9. The highest BCUT2D eigenvalue weighted by molar-refractivity contribution is 5.69. The van der Waals surface area contributed by atoms with Gasteiger partial charge < -0.3 is 15.6 Å². The normalized spacial score (nSPS) is 44.3. The van der Waals surface area contributed by atoms with Crippen LogP contribution in [0.1, 0.15) is 104 Å². The molecule has 0 aliphatic heterocycles. The SMILES string of the molecule is C[C@H](CCCO)C1CCC2C3[C@H](OC(=O)CCCN)CC4CCCCC4(C)[C@H]3CC[C@@]21C. The van der Waals surface area contributed by atoms with Crippen LogP contribution in [0.15, 0.2) is 0 Å². The van der Waals surface area contributed by atoms with Gasteiger partial charge in [0, 0.05) is 18.9 Å². The fraction of sp³-hybridized carbons (Fsp3) is 0.964. The Morgan fingerprint density at radius 1 is 1.06 bits per heavy atom. The Hall–Kier alpha value is -0.610. The highest BCUT2D eigenvalue weighted by atomic mass is 16.5. The van der Waals surface area contributed by atoms with Crippen molar-refractivity contribution in [1.29, 1.82) is 0 Å². The molecule has 0 heterocycles. The molecule has 184 valence electrons. The van der Waals surface area contributed by atoms with E-state index in [1.165, 1.54) is 51.4 Å². The van der Waals surface area contributed by atoms with Crippen LogP contribution in [0.25, 0.3) is 0 Å². The molecule has 0 aromatic carbocycles. The second-order valence-corrected chi connectivity index (χ2v) is 12.5. The van der Waals surface area contributed by atoms with Crippen molar-refractivity contribution >= 4 is 5.97 Å². The number of fused-ring (bicyclic) bond motifs is 5. The standard InChI is InChI=1S/C28H49NO3/c1-19(8-7-17-30)21-11-12-22-26-23(13-15-28(21,22)3)27(2)14-5-4-9-20(27)18-24(26)32-25(31)10-6-16-29/h19-24,26,30H,4-18,29H2,1-3H3/t19-,20?,21?,22?,23+,24-,26?,27?,28-/m1/s1. The van der Waals surface area contributed by atoms with Crippen LogP contribution < -0.4 is 5.73 Å². The van der Waals surface area contributed by atoms with Crippen molar-refractivity contribution in [1.82, 2.24) is 0 Å². The Bertz CT molecular complexity index is 653. The zero-order valence-electron chi connectivity index (χ0n) is 21.0. The first-order chi connectivity index (χ1) is 15.3. The minimum Gasteiger partial charge on any atom is -0.462 e. The summed E-state index contributed by atoms with van der Waals surface area (Å²) in [4.78, 5) is 12.7. The molecule has 0 bridgehead atoms. The smallest absolute Gasteiger partial charge is 0.306 e. The molecule has 5 unspecified atom stereocenters. The van der Waals surface area contributed by atoms with E-state index < -0.39 is 0 Å². The van der Waals surface area contributed by atoms with Crippen LogP contribution in [0.3, 0.4) is 0 Å². The van der Waals surface area contributed by atoms with Gasteiger partial charge >= 0.3 is 5.97 Å². The lowest BCUT2D eigenvalue weighted by Crippen LogP contribution is -2.58. The van der Waals surface area contributed by atoms with E-state index in [0.29, 0.717) is 54.1 Å². The quantitative estimate of drug-likeness (QED) is 0.468. The molecule has 4 aliphatic carbocycles. The number of aliphatic hydroxyl groups is 1. The fourth-order valence-corrected chi connectivity index (χ4v) is 9.42. The Labute approximate surface area is 196 Å². The van der Waals surface area contributed by atoms with Gasteiger partial charge in [0.1, 0.15) is 6.10 Å². The summed E-state index contributed by atoms with van der Waals surface area (Å²) in [6.45, 7) is 8.45. The maximum absolute atomic E-state index is 12.7. The van der Waals surface area contributed by atoms with Crippen molar-refractivity contribution in [2.45, 2.75) is 110 Å². The van der Waals surface area contributed by atoms with Crippen LogP contribution in [-0.2, 0) is 9.53 Å². The summed E-state index contributed by atoms with van der Waals surface area (Å²) in [5.41, 5.74) is 6.46. The van der Waals surface area contributed by atoms with Crippen LogP contribution in [-0.4, -0.2) is 30.3 Å². The molecule has 4 aliphatic rings. The first kappa shape index (κ1) is 24.5. The highest BCUT2D eigenvalue weighted by Gasteiger charge is 2.63. The Morgan fingerprint density at radius 3 is 2.59 bits per heavy atom. The number of esters is 1. The van der Waals surface area contributed by atoms with Crippen molar-refractivity contribution in [2.24, 2.45) is 52.1 Å². The molecular formula is C28H49NO3. The molecule has 4 heteroatoms. The van der Waals surface area contributed by atoms with Gasteiger partial charge in [0.25, 0.3) is 0 Å². The lowest BCUT2D eigenvalue weighted by Gasteiger charge is -2.62. The molecule has 0 amide bonds.